The van der Waals surface area contributed by atoms with Crippen molar-refractivity contribution < 1.29 is 18.1 Å². The molecule has 0 bridgehead atoms. The van der Waals surface area contributed by atoms with Crippen molar-refractivity contribution in [2.45, 2.75) is 37.3 Å². The number of rotatable bonds is 4. The van der Waals surface area contributed by atoms with E-state index in [-0.39, 0.29) is 16.8 Å². The average Bonchev–Trinajstić information content (AvgIpc) is 3.09. The number of nitro groups is 1. The van der Waals surface area contributed by atoms with E-state index >= 15 is 0 Å². The molecule has 0 saturated carbocycles. The highest BCUT2D eigenvalue weighted by atomic mass is 32.2. The smallest absolute Gasteiger partial charge is 0.273 e. The molecule has 1 saturated heterocycles. The van der Waals surface area contributed by atoms with Gasteiger partial charge in [-0.05, 0) is 44.4 Å². The van der Waals surface area contributed by atoms with Crippen LogP contribution in [0, 0.1) is 17.0 Å². The van der Waals surface area contributed by atoms with Crippen LogP contribution >= 0.6 is 0 Å². The van der Waals surface area contributed by atoms with Crippen molar-refractivity contribution in [3.63, 3.8) is 0 Å². The summed E-state index contributed by atoms with van der Waals surface area (Å²) in [6.07, 6.45) is 2.48. The van der Waals surface area contributed by atoms with Crippen LogP contribution in [-0.4, -0.2) is 29.7 Å². The van der Waals surface area contributed by atoms with Crippen molar-refractivity contribution in [2.75, 3.05) is 6.61 Å². The zero-order valence-electron chi connectivity index (χ0n) is 15.7. The van der Waals surface area contributed by atoms with E-state index in [9.17, 15) is 18.5 Å². The molecule has 1 aliphatic rings. The van der Waals surface area contributed by atoms with Gasteiger partial charge in [-0.15, -0.1) is 0 Å². The lowest BCUT2D eigenvalue weighted by molar-refractivity contribution is -0.385. The van der Waals surface area contributed by atoms with E-state index < -0.39 is 14.9 Å². The minimum Gasteiger partial charge on any atom is -0.356 e. The number of hydrogen-bond acceptors (Lipinski definition) is 6. The summed E-state index contributed by atoms with van der Waals surface area (Å²) in [6, 6.07) is 9.24. The Bertz CT molecular complexity index is 1210. The number of nitrogens with zero attached hydrogens (tertiary/aromatic N) is 3. The number of primary sulfonamides is 1. The third-order valence-electron chi connectivity index (χ3n) is 5.17. The van der Waals surface area contributed by atoms with Gasteiger partial charge in [-0.25, -0.2) is 18.2 Å². The Hall–Kier alpha value is -2.82. The van der Waals surface area contributed by atoms with E-state index in [0.717, 1.165) is 19.3 Å². The average molecular weight is 416 g/mol. The summed E-state index contributed by atoms with van der Waals surface area (Å²) in [5.41, 5.74) is 2.12. The highest BCUT2D eigenvalue weighted by Crippen LogP contribution is 2.38. The Balaban J connectivity index is 2.00. The second kappa shape index (κ2) is 7.21. The van der Waals surface area contributed by atoms with Crippen molar-refractivity contribution in [2.24, 2.45) is 5.14 Å². The van der Waals surface area contributed by atoms with E-state index in [1.54, 1.807) is 29.8 Å². The molecule has 1 atom stereocenters. The van der Waals surface area contributed by atoms with Gasteiger partial charge in [0.2, 0.25) is 10.0 Å². The minimum absolute atomic E-state index is 0.0227. The minimum atomic E-state index is -3.90. The maximum Gasteiger partial charge on any atom is 0.273 e. The van der Waals surface area contributed by atoms with Gasteiger partial charge in [0, 0.05) is 29.2 Å². The second-order valence-electron chi connectivity index (χ2n) is 7.05. The van der Waals surface area contributed by atoms with E-state index in [4.69, 9.17) is 15.0 Å². The van der Waals surface area contributed by atoms with Gasteiger partial charge in [0.05, 0.1) is 15.3 Å². The molecule has 152 valence electrons. The lowest BCUT2D eigenvalue weighted by atomic mass is 10.0. The number of sulfonamides is 1. The van der Waals surface area contributed by atoms with E-state index in [0.29, 0.717) is 34.3 Å². The number of hydrogen-bond donors (Lipinski definition) is 1. The highest BCUT2D eigenvalue weighted by molar-refractivity contribution is 7.89. The maximum absolute atomic E-state index is 11.8. The van der Waals surface area contributed by atoms with Crippen molar-refractivity contribution in [1.82, 2.24) is 9.78 Å². The van der Waals surface area contributed by atoms with Gasteiger partial charge in [0.15, 0.2) is 6.23 Å². The maximum atomic E-state index is 11.8. The first-order valence-corrected chi connectivity index (χ1v) is 10.7. The molecule has 9 nitrogen and oxygen atoms in total. The van der Waals surface area contributed by atoms with Gasteiger partial charge in [0.1, 0.15) is 5.69 Å². The summed E-state index contributed by atoms with van der Waals surface area (Å²) in [4.78, 5) is 11.0. The quantitative estimate of drug-likeness (QED) is 0.513. The van der Waals surface area contributed by atoms with Crippen molar-refractivity contribution in [3.05, 3.63) is 52.1 Å². The summed E-state index contributed by atoms with van der Waals surface area (Å²) in [5, 5.41) is 22.0. The molecule has 4 rings (SSSR count). The molecule has 0 amide bonds. The van der Waals surface area contributed by atoms with E-state index in [1.807, 2.05) is 0 Å². The molecule has 0 spiro atoms. The zero-order chi connectivity index (χ0) is 20.8. The molecule has 10 heteroatoms. The van der Waals surface area contributed by atoms with Crippen molar-refractivity contribution in [3.8, 4) is 11.3 Å². The van der Waals surface area contributed by atoms with Gasteiger partial charge in [-0.3, -0.25) is 10.1 Å². The molecule has 1 aromatic heterocycles. The Morgan fingerprint density at radius 3 is 2.72 bits per heavy atom. The fraction of sp³-hybridized carbons (Fsp3) is 0.316. The Kier molecular flexibility index (Phi) is 4.85. The van der Waals surface area contributed by atoms with Crippen LogP contribution in [0.15, 0.2) is 41.3 Å². The van der Waals surface area contributed by atoms with Crippen LogP contribution in [0.5, 0.6) is 0 Å². The lowest BCUT2D eigenvalue weighted by Crippen LogP contribution is -2.19. The first-order chi connectivity index (χ1) is 13.8. The molecule has 0 radical (unpaired) electrons. The van der Waals surface area contributed by atoms with Crippen LogP contribution in [0.3, 0.4) is 0 Å². The van der Waals surface area contributed by atoms with Gasteiger partial charge in [0.25, 0.3) is 5.69 Å². The summed E-state index contributed by atoms with van der Waals surface area (Å²) in [7, 11) is -3.90. The van der Waals surface area contributed by atoms with Crippen LogP contribution < -0.4 is 5.14 Å². The summed E-state index contributed by atoms with van der Waals surface area (Å²) in [5.74, 6) is 0. The van der Waals surface area contributed by atoms with E-state index in [1.165, 1.54) is 18.2 Å². The molecule has 1 aliphatic heterocycles. The zero-order valence-corrected chi connectivity index (χ0v) is 16.6. The summed E-state index contributed by atoms with van der Waals surface area (Å²) in [6.45, 7) is 2.29. The molecule has 29 heavy (non-hydrogen) atoms. The third-order valence-corrected chi connectivity index (χ3v) is 6.08. The molecule has 3 aromatic rings. The normalized spacial score (nSPS) is 17.5. The SMILES string of the molecule is Cc1c([N+](=O)[O-])ccc2c1c(-c1cccc(S(N)(=O)=O)c1)nn2C1CCCCO1. The summed E-state index contributed by atoms with van der Waals surface area (Å²) >= 11 is 0. The largest absolute Gasteiger partial charge is 0.356 e. The molecule has 2 N–H and O–H groups in total. The van der Waals surface area contributed by atoms with E-state index in [2.05, 4.69) is 0 Å². The molecule has 1 fully saturated rings. The molecular weight excluding hydrogens is 396 g/mol. The van der Waals surface area contributed by atoms with Crippen LogP contribution in [-0.2, 0) is 14.8 Å². The summed E-state index contributed by atoms with van der Waals surface area (Å²) < 4.78 is 31.2. The van der Waals surface area contributed by atoms with Crippen LogP contribution in [0.4, 0.5) is 5.69 Å². The molecule has 2 heterocycles. The molecule has 0 aliphatic carbocycles. The lowest BCUT2D eigenvalue weighted by Gasteiger charge is -2.23. The number of ether oxygens (including phenoxy) is 1. The third kappa shape index (κ3) is 3.50. The number of nitro benzene ring substituents is 1. The number of nitrogens with two attached hydrogens (primary N) is 1. The predicted molar refractivity (Wildman–Crippen MR) is 107 cm³/mol. The van der Waals surface area contributed by atoms with Crippen molar-refractivity contribution >= 4 is 26.6 Å². The Morgan fingerprint density at radius 1 is 1.28 bits per heavy atom. The van der Waals surface area contributed by atoms with Gasteiger partial charge in [-0.2, -0.15) is 5.10 Å². The number of fused-ring (bicyclic) bond motifs is 1. The molecule has 2 aromatic carbocycles. The predicted octanol–water partition coefficient (Wildman–Crippen LogP) is 3.27. The topological polar surface area (TPSA) is 130 Å². The number of benzene rings is 2. The van der Waals surface area contributed by atoms with Crippen molar-refractivity contribution in [1.29, 1.82) is 0 Å². The van der Waals surface area contributed by atoms with Crippen LogP contribution in [0.2, 0.25) is 0 Å². The Labute approximate surface area is 167 Å². The molecular formula is C19H20N4O5S. The Morgan fingerprint density at radius 2 is 2.07 bits per heavy atom. The fourth-order valence-corrected chi connectivity index (χ4v) is 4.30. The first kappa shape index (κ1) is 19.5. The van der Waals surface area contributed by atoms with Crippen LogP contribution in [0.1, 0.15) is 31.1 Å². The van der Waals surface area contributed by atoms with Gasteiger partial charge >= 0.3 is 0 Å². The fourth-order valence-electron chi connectivity index (χ4n) is 3.74. The second-order valence-corrected chi connectivity index (χ2v) is 8.61. The number of aromatic nitrogens is 2. The van der Waals surface area contributed by atoms with Gasteiger partial charge < -0.3 is 4.74 Å². The monoisotopic (exact) mass is 416 g/mol. The molecule has 1 unspecified atom stereocenters. The first-order valence-electron chi connectivity index (χ1n) is 9.18. The number of aryl methyl sites for hydroxylation is 1. The van der Waals surface area contributed by atoms with Gasteiger partial charge in [-0.1, -0.05) is 12.1 Å². The standard InChI is InChI=1S/C19H20N4O5S/c1-12-15(23(24)25)8-9-16-18(12)19(21-22(16)17-7-2-3-10-28-17)13-5-4-6-14(11-13)29(20,26)27/h4-6,8-9,11,17H,2-3,7,10H2,1H3,(H2,20,26,27). The highest BCUT2D eigenvalue weighted by Gasteiger charge is 2.26. The van der Waals surface area contributed by atoms with Crippen LogP contribution in [0.25, 0.3) is 22.2 Å².